The van der Waals surface area contributed by atoms with Crippen LogP contribution in [-0.2, 0) is 33.2 Å². The molecule has 0 aromatic rings. The summed E-state index contributed by atoms with van der Waals surface area (Å²) in [5.41, 5.74) is 0. The van der Waals surface area contributed by atoms with E-state index < -0.39 is 124 Å². The predicted molar refractivity (Wildman–Crippen MR) is 411 cm³/mol. The lowest BCUT2D eigenvalue weighted by atomic mass is 9.96. The largest absolute Gasteiger partial charge is 0.394 e. The van der Waals surface area contributed by atoms with Crippen molar-refractivity contribution in [2.75, 3.05) is 26.4 Å². The molecule has 19 nitrogen and oxygen atoms in total. The number of amides is 1. The molecule has 0 radical (unpaired) electrons. The van der Waals surface area contributed by atoms with Crippen LogP contribution in [0.5, 0.6) is 0 Å². The van der Waals surface area contributed by atoms with Gasteiger partial charge in [0.1, 0.15) is 73.2 Å². The topological polar surface area (TPSA) is 307 Å². The average Bonchev–Trinajstić information content (AvgIpc) is 0.781. The van der Waals surface area contributed by atoms with Gasteiger partial charge in [0.25, 0.3) is 0 Å². The maximum absolute atomic E-state index is 13.5. The summed E-state index contributed by atoms with van der Waals surface area (Å²) in [5, 5.41) is 121. The number of rotatable bonds is 69. The maximum atomic E-state index is 13.5. The summed E-state index contributed by atoms with van der Waals surface area (Å²) in [7, 11) is 0. The molecule has 17 unspecified atom stereocenters. The van der Waals surface area contributed by atoms with E-state index in [9.17, 15) is 61.0 Å². The van der Waals surface area contributed by atoms with E-state index in [0.29, 0.717) is 12.8 Å². The zero-order valence-electron chi connectivity index (χ0n) is 65.1. The molecule has 103 heavy (non-hydrogen) atoms. The lowest BCUT2D eigenvalue weighted by molar-refractivity contribution is -0.379. The lowest BCUT2D eigenvalue weighted by Gasteiger charge is -2.48. The Kier molecular flexibility index (Phi) is 59.9. The van der Waals surface area contributed by atoms with E-state index in [1.807, 2.05) is 0 Å². The molecule has 0 spiro atoms. The molecule has 0 aromatic heterocycles. The van der Waals surface area contributed by atoms with Crippen molar-refractivity contribution < 1.29 is 89.4 Å². The van der Waals surface area contributed by atoms with Crippen molar-refractivity contribution in [1.82, 2.24) is 5.32 Å². The summed E-state index contributed by atoms with van der Waals surface area (Å²) in [5.74, 6) is -0.235. The minimum atomic E-state index is -1.97. The molecule has 3 aliphatic heterocycles. The minimum Gasteiger partial charge on any atom is -0.394 e. The van der Waals surface area contributed by atoms with Crippen LogP contribution in [0.4, 0.5) is 0 Å². The fraction of sp³-hybridized carbons (Fsp3) is 0.917. The third-order valence-corrected chi connectivity index (χ3v) is 21.5. The highest BCUT2D eigenvalue weighted by molar-refractivity contribution is 5.76. The Morgan fingerprint density at radius 3 is 1.00 bits per heavy atom. The van der Waals surface area contributed by atoms with Gasteiger partial charge >= 0.3 is 0 Å². The van der Waals surface area contributed by atoms with Crippen molar-refractivity contribution in [3.8, 4) is 0 Å². The van der Waals surface area contributed by atoms with Crippen LogP contribution in [0, 0.1) is 0 Å². The SMILES string of the molecule is CCCCCCC/C=C\C/C=C\C/C=C\CCCCCCCCCCCCCCCCCCCCCCCCCCC(=O)NC(COC1OC(CO)C(OC2OC(CO)C(OC3OC(CO)C(O)C(O)C3O)C(O)C2O)C(O)C1O)C(O)CCCCCCCCCCCCCCCCCCCCC. The summed E-state index contributed by atoms with van der Waals surface area (Å²) in [6.45, 7) is 1.84. The third kappa shape index (κ3) is 44.5. The summed E-state index contributed by atoms with van der Waals surface area (Å²) in [4.78, 5) is 13.5. The van der Waals surface area contributed by atoms with Gasteiger partial charge in [0, 0.05) is 6.42 Å². The molecule has 3 heterocycles. The molecule has 3 aliphatic rings. The molecule has 0 saturated carbocycles. The van der Waals surface area contributed by atoms with Crippen LogP contribution < -0.4 is 5.32 Å². The van der Waals surface area contributed by atoms with Gasteiger partial charge in [-0.05, 0) is 51.4 Å². The molecule has 3 rings (SSSR count). The number of carbonyl (C=O) groups is 1. The lowest BCUT2D eigenvalue weighted by Crippen LogP contribution is -2.66. The van der Waals surface area contributed by atoms with Gasteiger partial charge in [-0.3, -0.25) is 4.79 Å². The van der Waals surface area contributed by atoms with Crippen LogP contribution in [0.2, 0.25) is 0 Å². The van der Waals surface area contributed by atoms with Gasteiger partial charge in [-0.2, -0.15) is 0 Å². The average molecular weight is 1470 g/mol. The first kappa shape index (κ1) is 95.2. The smallest absolute Gasteiger partial charge is 0.220 e. The van der Waals surface area contributed by atoms with Gasteiger partial charge in [0.2, 0.25) is 5.91 Å². The molecule has 3 saturated heterocycles. The summed E-state index contributed by atoms with van der Waals surface area (Å²) >= 11 is 0. The first-order valence-corrected chi connectivity index (χ1v) is 42.7. The highest BCUT2D eigenvalue weighted by Gasteiger charge is 2.54. The van der Waals surface area contributed by atoms with E-state index in [4.69, 9.17) is 28.4 Å². The molecule has 0 aromatic carbocycles. The summed E-state index contributed by atoms with van der Waals surface area (Å²) in [6.07, 6.45) is 54.0. The van der Waals surface area contributed by atoms with Crippen LogP contribution in [0.25, 0.3) is 0 Å². The molecule has 17 atom stereocenters. The summed E-state index contributed by atoms with van der Waals surface area (Å²) in [6, 6.07) is -0.886. The molecule has 3 fully saturated rings. The van der Waals surface area contributed by atoms with E-state index in [1.165, 1.54) is 270 Å². The number of carbonyl (C=O) groups excluding carboxylic acids is 1. The van der Waals surface area contributed by atoms with Gasteiger partial charge in [-0.25, -0.2) is 0 Å². The van der Waals surface area contributed by atoms with E-state index >= 15 is 0 Å². The summed E-state index contributed by atoms with van der Waals surface area (Å²) < 4.78 is 34.5. The van der Waals surface area contributed by atoms with Crippen molar-refractivity contribution in [2.24, 2.45) is 0 Å². The highest BCUT2D eigenvalue weighted by Crippen LogP contribution is 2.33. The molecule has 1 amide bonds. The number of aliphatic hydroxyl groups excluding tert-OH is 11. The second-order valence-electron chi connectivity index (χ2n) is 30.7. The Labute approximate surface area is 625 Å². The Morgan fingerprint density at radius 1 is 0.350 bits per heavy atom. The highest BCUT2D eigenvalue weighted by atomic mass is 16.8. The number of nitrogens with one attached hydrogen (secondary N) is 1. The van der Waals surface area contributed by atoms with Gasteiger partial charge in [0.15, 0.2) is 18.9 Å². The number of aliphatic hydroxyl groups is 11. The molecular weight excluding hydrogens is 1310 g/mol. The van der Waals surface area contributed by atoms with E-state index in [0.717, 1.165) is 57.8 Å². The minimum absolute atomic E-state index is 0.235. The zero-order chi connectivity index (χ0) is 74.6. The van der Waals surface area contributed by atoms with Gasteiger partial charge in [0.05, 0.1) is 38.6 Å². The second-order valence-corrected chi connectivity index (χ2v) is 30.7. The second kappa shape index (κ2) is 64.8. The van der Waals surface area contributed by atoms with Crippen molar-refractivity contribution >= 4 is 5.91 Å². The molecule has 606 valence electrons. The van der Waals surface area contributed by atoms with E-state index in [1.54, 1.807) is 0 Å². The third-order valence-electron chi connectivity index (χ3n) is 21.5. The standard InChI is InChI=1S/C84H157NO18/c1-3-5-7-9-11-13-15-17-19-21-23-24-25-26-27-28-29-30-31-32-33-34-35-36-37-38-39-40-41-42-44-46-48-50-52-54-56-58-60-62-72(90)85-67(68(89)61-59-57-55-53-51-49-47-45-43-22-20-18-16-14-12-10-8-6-4-2)66-98-82-78(96)75(93)80(70(64-87)100-82)103-84-79(97)76(94)81(71(65-88)101-84)102-83-77(95)74(92)73(91)69(63-86)99-83/h15,17,21,23,25-26,67-71,73-84,86-89,91-97H,3-14,16,18-20,22,24,27-66H2,1-2H3,(H,85,90)/b17-15-,23-21-,26-25-. The predicted octanol–water partition coefficient (Wildman–Crippen LogP) is 15.1. The van der Waals surface area contributed by atoms with E-state index in [-0.39, 0.29) is 18.9 Å². The number of allylic oxidation sites excluding steroid dienone is 6. The Bertz CT molecular complexity index is 2000. The fourth-order valence-electron chi connectivity index (χ4n) is 14.6. The molecule has 0 bridgehead atoms. The van der Waals surface area contributed by atoms with Crippen LogP contribution in [0.15, 0.2) is 36.5 Å². The van der Waals surface area contributed by atoms with Crippen molar-refractivity contribution in [2.45, 2.75) is 465 Å². The van der Waals surface area contributed by atoms with Crippen molar-refractivity contribution in [1.29, 1.82) is 0 Å². The van der Waals surface area contributed by atoms with Gasteiger partial charge < -0.3 is 89.9 Å². The molecule has 12 N–H and O–H groups in total. The first-order chi connectivity index (χ1) is 50.3. The van der Waals surface area contributed by atoms with Gasteiger partial charge in [-0.1, -0.05) is 339 Å². The molecule has 19 heteroatoms. The van der Waals surface area contributed by atoms with Crippen LogP contribution in [-0.4, -0.2) is 193 Å². The zero-order valence-corrected chi connectivity index (χ0v) is 65.1. The number of ether oxygens (including phenoxy) is 6. The first-order valence-electron chi connectivity index (χ1n) is 42.7. The Hall–Kier alpha value is -1.99. The van der Waals surface area contributed by atoms with Gasteiger partial charge in [-0.15, -0.1) is 0 Å². The van der Waals surface area contributed by atoms with E-state index in [2.05, 4.69) is 55.6 Å². The number of hydrogen-bond donors (Lipinski definition) is 12. The number of hydrogen-bond acceptors (Lipinski definition) is 18. The van der Waals surface area contributed by atoms with Crippen LogP contribution in [0.3, 0.4) is 0 Å². The van der Waals surface area contributed by atoms with Crippen molar-refractivity contribution in [3.05, 3.63) is 36.5 Å². The Balaban J connectivity index is 1.29. The normalized spacial score (nSPS) is 26.2. The fourth-order valence-corrected chi connectivity index (χ4v) is 14.6. The molecule has 0 aliphatic carbocycles. The Morgan fingerprint density at radius 2 is 0.641 bits per heavy atom. The monoisotopic (exact) mass is 1470 g/mol. The maximum Gasteiger partial charge on any atom is 0.220 e. The van der Waals surface area contributed by atoms with Crippen molar-refractivity contribution in [3.63, 3.8) is 0 Å². The van der Waals surface area contributed by atoms with Crippen LogP contribution >= 0.6 is 0 Å². The molecular formula is C84H157NO18. The number of unbranched alkanes of at least 4 members (excludes halogenated alkanes) is 47. The van der Waals surface area contributed by atoms with Crippen LogP contribution in [0.1, 0.15) is 361 Å². The quantitative estimate of drug-likeness (QED) is 0.0199.